The maximum atomic E-state index is 6.15. The first kappa shape index (κ1) is 12.2. The molecule has 0 aliphatic rings. The molecule has 0 aromatic heterocycles. The van der Waals surface area contributed by atoms with E-state index in [1.165, 1.54) is 5.56 Å². The van der Waals surface area contributed by atoms with Crippen molar-refractivity contribution in [3.8, 4) is 0 Å². The van der Waals surface area contributed by atoms with E-state index in [0.717, 1.165) is 12.0 Å². The van der Waals surface area contributed by atoms with Crippen LogP contribution in [0.25, 0.3) is 0 Å². The summed E-state index contributed by atoms with van der Waals surface area (Å²) in [5, 5.41) is 0. The molecule has 0 aliphatic carbocycles. The first-order chi connectivity index (χ1) is 7.01. The summed E-state index contributed by atoms with van der Waals surface area (Å²) >= 11 is 0. The molecule has 1 unspecified atom stereocenters. The molecule has 1 atom stereocenters. The summed E-state index contributed by atoms with van der Waals surface area (Å²) in [6.45, 7) is 6.16. The van der Waals surface area contributed by atoms with Crippen molar-refractivity contribution in [2.75, 3.05) is 7.11 Å². The highest BCUT2D eigenvalue weighted by atomic mass is 16.5. The van der Waals surface area contributed by atoms with E-state index in [1.807, 2.05) is 13.8 Å². The Morgan fingerprint density at radius 2 is 1.80 bits per heavy atom. The molecule has 1 rings (SSSR count). The molecular formula is C13H21NO. The third kappa shape index (κ3) is 2.80. The summed E-state index contributed by atoms with van der Waals surface area (Å²) in [5.74, 6) is 0. The molecule has 2 nitrogen and oxygen atoms in total. The van der Waals surface area contributed by atoms with Gasteiger partial charge in [0.2, 0.25) is 0 Å². The molecule has 0 fully saturated rings. The number of methoxy groups -OCH3 is 1. The fraction of sp³-hybridized carbons (Fsp3) is 0.538. The van der Waals surface area contributed by atoms with Gasteiger partial charge in [-0.2, -0.15) is 0 Å². The van der Waals surface area contributed by atoms with Crippen molar-refractivity contribution in [2.45, 2.75) is 38.8 Å². The van der Waals surface area contributed by atoms with Gasteiger partial charge < -0.3 is 10.5 Å². The number of nitrogens with two attached hydrogens (primary N) is 1. The number of hydrogen-bond donors (Lipinski definition) is 1. The van der Waals surface area contributed by atoms with Crippen molar-refractivity contribution < 1.29 is 4.74 Å². The normalized spacial score (nSPS) is 13.9. The highest BCUT2D eigenvalue weighted by molar-refractivity contribution is 5.26. The molecule has 1 aromatic carbocycles. The largest absolute Gasteiger partial charge is 0.377 e. The summed E-state index contributed by atoms with van der Waals surface area (Å²) in [6, 6.07) is 8.34. The van der Waals surface area contributed by atoms with Gasteiger partial charge in [0.1, 0.15) is 0 Å². The van der Waals surface area contributed by atoms with Crippen LogP contribution in [0.2, 0.25) is 0 Å². The quantitative estimate of drug-likeness (QED) is 0.823. The number of hydrogen-bond acceptors (Lipinski definition) is 2. The van der Waals surface area contributed by atoms with Crippen molar-refractivity contribution >= 4 is 0 Å². The lowest BCUT2D eigenvalue weighted by Gasteiger charge is -2.30. The number of rotatable bonds is 4. The molecule has 1 aromatic rings. The van der Waals surface area contributed by atoms with Crippen LogP contribution in [0, 0.1) is 0 Å². The zero-order valence-electron chi connectivity index (χ0n) is 10.1. The lowest BCUT2D eigenvalue weighted by Crippen LogP contribution is -2.37. The van der Waals surface area contributed by atoms with Crippen molar-refractivity contribution in [2.24, 2.45) is 5.73 Å². The fourth-order valence-electron chi connectivity index (χ4n) is 1.49. The van der Waals surface area contributed by atoms with Gasteiger partial charge >= 0.3 is 0 Å². The smallest absolute Gasteiger partial charge is 0.0814 e. The van der Waals surface area contributed by atoms with Gasteiger partial charge in [0.15, 0.2) is 0 Å². The van der Waals surface area contributed by atoms with Crippen LogP contribution in [0.15, 0.2) is 24.3 Å². The van der Waals surface area contributed by atoms with Crippen molar-refractivity contribution in [1.82, 2.24) is 0 Å². The Hall–Kier alpha value is -0.860. The summed E-state index contributed by atoms with van der Waals surface area (Å²) < 4.78 is 5.39. The van der Waals surface area contributed by atoms with E-state index in [2.05, 4.69) is 31.2 Å². The van der Waals surface area contributed by atoms with Crippen LogP contribution in [0.3, 0.4) is 0 Å². The molecule has 0 aliphatic heterocycles. The molecule has 0 radical (unpaired) electrons. The minimum absolute atomic E-state index is 0.0894. The molecule has 0 heterocycles. The zero-order chi connectivity index (χ0) is 11.5. The monoisotopic (exact) mass is 207 g/mol. The second kappa shape index (κ2) is 4.77. The Morgan fingerprint density at radius 3 is 2.20 bits per heavy atom. The number of ether oxygens (including phenoxy) is 1. The molecule has 2 heteroatoms. The van der Waals surface area contributed by atoms with E-state index in [0.29, 0.717) is 0 Å². The molecule has 0 spiro atoms. The third-order valence-electron chi connectivity index (χ3n) is 3.02. The first-order valence-corrected chi connectivity index (χ1v) is 5.41. The maximum absolute atomic E-state index is 6.15. The minimum Gasteiger partial charge on any atom is -0.377 e. The van der Waals surface area contributed by atoms with Crippen LogP contribution in [-0.2, 0) is 11.2 Å². The second-order valence-corrected chi connectivity index (χ2v) is 4.38. The minimum atomic E-state index is -0.326. The van der Waals surface area contributed by atoms with Gasteiger partial charge in [-0.25, -0.2) is 0 Å². The fourth-order valence-corrected chi connectivity index (χ4v) is 1.49. The first-order valence-electron chi connectivity index (χ1n) is 5.41. The third-order valence-corrected chi connectivity index (χ3v) is 3.02. The number of aryl methyl sites for hydroxylation is 1. The van der Waals surface area contributed by atoms with Crippen LogP contribution in [-0.4, -0.2) is 12.7 Å². The molecule has 84 valence electrons. The average molecular weight is 207 g/mol. The number of benzene rings is 1. The van der Waals surface area contributed by atoms with Crippen LogP contribution in [0.1, 0.15) is 37.9 Å². The van der Waals surface area contributed by atoms with Crippen molar-refractivity contribution in [1.29, 1.82) is 0 Å². The Morgan fingerprint density at radius 1 is 1.27 bits per heavy atom. The SMILES string of the molecule is CCc1ccc(C(N)C(C)(C)OC)cc1. The van der Waals surface area contributed by atoms with Crippen LogP contribution >= 0.6 is 0 Å². The molecule has 0 saturated carbocycles. The van der Waals surface area contributed by atoms with Crippen molar-refractivity contribution in [3.05, 3.63) is 35.4 Å². The van der Waals surface area contributed by atoms with Gasteiger partial charge in [0.05, 0.1) is 11.6 Å². The summed E-state index contributed by atoms with van der Waals surface area (Å²) in [4.78, 5) is 0. The highest BCUT2D eigenvalue weighted by Gasteiger charge is 2.26. The molecule has 0 amide bonds. The lowest BCUT2D eigenvalue weighted by atomic mass is 9.92. The van der Waals surface area contributed by atoms with E-state index in [-0.39, 0.29) is 11.6 Å². The van der Waals surface area contributed by atoms with Crippen molar-refractivity contribution in [3.63, 3.8) is 0 Å². The van der Waals surface area contributed by atoms with Crippen LogP contribution in [0.5, 0.6) is 0 Å². The Kier molecular flexibility index (Phi) is 3.89. The zero-order valence-corrected chi connectivity index (χ0v) is 10.1. The lowest BCUT2D eigenvalue weighted by molar-refractivity contribution is -0.0000337. The van der Waals surface area contributed by atoms with Gasteiger partial charge in [-0.15, -0.1) is 0 Å². The Balaban J connectivity index is 2.87. The predicted octanol–water partition coefficient (Wildman–Crippen LogP) is 2.67. The molecule has 2 N–H and O–H groups in total. The summed E-state index contributed by atoms with van der Waals surface area (Å²) in [7, 11) is 1.69. The van der Waals surface area contributed by atoms with Gasteiger partial charge in [0, 0.05) is 7.11 Å². The highest BCUT2D eigenvalue weighted by Crippen LogP contribution is 2.26. The van der Waals surface area contributed by atoms with E-state index in [4.69, 9.17) is 10.5 Å². The predicted molar refractivity (Wildman–Crippen MR) is 63.8 cm³/mol. The van der Waals surface area contributed by atoms with Gasteiger partial charge in [-0.3, -0.25) is 0 Å². The average Bonchev–Trinajstić information content (AvgIpc) is 2.28. The second-order valence-electron chi connectivity index (χ2n) is 4.38. The van der Waals surface area contributed by atoms with Gasteiger partial charge in [-0.05, 0) is 31.4 Å². The molecule has 15 heavy (non-hydrogen) atoms. The maximum Gasteiger partial charge on any atom is 0.0814 e. The van der Waals surface area contributed by atoms with E-state index in [9.17, 15) is 0 Å². The topological polar surface area (TPSA) is 35.2 Å². The van der Waals surface area contributed by atoms with Gasteiger partial charge in [0.25, 0.3) is 0 Å². The van der Waals surface area contributed by atoms with E-state index < -0.39 is 0 Å². The molecule has 0 bridgehead atoms. The van der Waals surface area contributed by atoms with Crippen LogP contribution in [0.4, 0.5) is 0 Å². The standard InChI is InChI=1S/C13H21NO/c1-5-10-6-8-11(9-7-10)12(14)13(2,3)15-4/h6-9,12H,5,14H2,1-4H3. The van der Waals surface area contributed by atoms with Gasteiger partial charge in [-0.1, -0.05) is 31.2 Å². The molecular weight excluding hydrogens is 186 g/mol. The Labute approximate surface area is 92.4 Å². The molecule has 0 saturated heterocycles. The van der Waals surface area contributed by atoms with Crippen LogP contribution < -0.4 is 5.73 Å². The Bertz CT molecular complexity index is 303. The van der Waals surface area contributed by atoms with E-state index >= 15 is 0 Å². The summed E-state index contributed by atoms with van der Waals surface area (Å²) in [5.41, 5.74) is 8.28. The summed E-state index contributed by atoms with van der Waals surface area (Å²) in [6.07, 6.45) is 1.06. The van der Waals surface area contributed by atoms with E-state index in [1.54, 1.807) is 7.11 Å².